The fourth-order valence-electron chi connectivity index (χ4n) is 5.12. The van der Waals surface area contributed by atoms with E-state index in [0.717, 1.165) is 66.9 Å². The molecule has 1 aliphatic carbocycles. The molecule has 3 aromatic rings. The molecule has 1 aliphatic heterocycles. The van der Waals surface area contributed by atoms with E-state index >= 15 is 0 Å². The standard InChI is InChI=1S/C29H30FNO3/c30-15-1-16-31-17-14-26(19-31)34-25-11-5-22(6-12-25)29-27(20-2-8-23(32)9-3-20)13-7-21-4-10-24(33)18-28(21)29/h2-6,8-12,18,26,32-33H,1,7,13-17,19H2. The fourth-order valence-corrected chi connectivity index (χ4v) is 5.12. The highest BCUT2D eigenvalue weighted by Gasteiger charge is 2.25. The van der Waals surface area contributed by atoms with Crippen LogP contribution in [-0.2, 0) is 6.42 Å². The first kappa shape index (κ1) is 22.5. The molecule has 0 amide bonds. The lowest BCUT2D eigenvalue weighted by molar-refractivity contribution is 0.198. The summed E-state index contributed by atoms with van der Waals surface area (Å²) in [4.78, 5) is 2.26. The molecule has 1 fully saturated rings. The highest BCUT2D eigenvalue weighted by atomic mass is 19.1. The average Bonchev–Trinajstić information content (AvgIpc) is 3.30. The smallest absolute Gasteiger partial charge is 0.119 e. The molecule has 34 heavy (non-hydrogen) atoms. The van der Waals surface area contributed by atoms with E-state index in [0.29, 0.717) is 6.42 Å². The van der Waals surface area contributed by atoms with Crippen molar-refractivity contribution >= 4 is 11.1 Å². The third kappa shape index (κ3) is 4.80. The summed E-state index contributed by atoms with van der Waals surface area (Å²) in [7, 11) is 0. The first-order valence-electron chi connectivity index (χ1n) is 12.0. The van der Waals surface area contributed by atoms with Crippen molar-refractivity contribution in [3.05, 3.63) is 89.0 Å². The number of halogens is 1. The molecule has 1 saturated heterocycles. The number of aromatic hydroxyl groups is 2. The molecule has 0 spiro atoms. The largest absolute Gasteiger partial charge is 0.508 e. The van der Waals surface area contributed by atoms with Gasteiger partial charge in [-0.3, -0.25) is 9.29 Å². The highest BCUT2D eigenvalue weighted by Crippen LogP contribution is 2.42. The quantitative estimate of drug-likeness (QED) is 0.468. The second kappa shape index (κ2) is 9.90. The highest BCUT2D eigenvalue weighted by molar-refractivity contribution is 6.01. The zero-order chi connectivity index (χ0) is 23.5. The van der Waals surface area contributed by atoms with Gasteiger partial charge in [0.25, 0.3) is 0 Å². The predicted molar refractivity (Wildman–Crippen MR) is 133 cm³/mol. The monoisotopic (exact) mass is 459 g/mol. The summed E-state index contributed by atoms with van der Waals surface area (Å²) < 4.78 is 18.7. The number of fused-ring (bicyclic) bond motifs is 1. The molecule has 4 nitrogen and oxygen atoms in total. The summed E-state index contributed by atoms with van der Waals surface area (Å²) in [6.45, 7) is 2.30. The molecule has 1 unspecified atom stereocenters. The normalized spacial score (nSPS) is 18.2. The molecule has 1 atom stereocenters. The van der Waals surface area contributed by atoms with E-state index in [2.05, 4.69) is 17.0 Å². The van der Waals surface area contributed by atoms with Crippen LogP contribution in [0.15, 0.2) is 66.7 Å². The van der Waals surface area contributed by atoms with Crippen LogP contribution in [0.1, 0.15) is 41.5 Å². The van der Waals surface area contributed by atoms with Gasteiger partial charge in [0.15, 0.2) is 0 Å². The van der Waals surface area contributed by atoms with Gasteiger partial charge in [0.1, 0.15) is 23.4 Å². The second-order valence-electron chi connectivity index (χ2n) is 9.14. The second-order valence-corrected chi connectivity index (χ2v) is 9.14. The van der Waals surface area contributed by atoms with Crippen LogP contribution < -0.4 is 4.74 Å². The third-order valence-electron chi connectivity index (χ3n) is 6.81. The number of benzene rings is 3. The Morgan fingerprint density at radius 3 is 2.38 bits per heavy atom. The molecule has 5 rings (SSSR count). The Bertz CT molecular complexity index is 1170. The summed E-state index contributed by atoms with van der Waals surface area (Å²) in [5.41, 5.74) is 6.70. The summed E-state index contributed by atoms with van der Waals surface area (Å²) in [6.07, 6.45) is 3.45. The van der Waals surface area contributed by atoms with Crippen molar-refractivity contribution in [3.8, 4) is 17.2 Å². The lowest BCUT2D eigenvalue weighted by atomic mass is 9.79. The van der Waals surface area contributed by atoms with Crippen molar-refractivity contribution in [2.75, 3.05) is 26.3 Å². The van der Waals surface area contributed by atoms with Crippen molar-refractivity contribution < 1.29 is 19.3 Å². The van der Waals surface area contributed by atoms with E-state index in [4.69, 9.17) is 4.74 Å². The van der Waals surface area contributed by atoms with Crippen LogP contribution in [0.4, 0.5) is 4.39 Å². The van der Waals surface area contributed by atoms with Gasteiger partial charge in [-0.25, -0.2) is 0 Å². The van der Waals surface area contributed by atoms with Gasteiger partial charge in [-0.15, -0.1) is 0 Å². The van der Waals surface area contributed by atoms with Crippen molar-refractivity contribution in [2.45, 2.75) is 31.8 Å². The lowest BCUT2D eigenvalue weighted by Gasteiger charge is -2.25. The molecular weight excluding hydrogens is 429 g/mol. The molecule has 5 heteroatoms. The molecule has 2 N–H and O–H groups in total. The minimum Gasteiger partial charge on any atom is -0.508 e. The van der Waals surface area contributed by atoms with E-state index in [9.17, 15) is 14.6 Å². The van der Waals surface area contributed by atoms with E-state index in [1.807, 2.05) is 36.4 Å². The maximum Gasteiger partial charge on any atom is 0.119 e. The molecule has 3 aromatic carbocycles. The number of rotatable bonds is 7. The van der Waals surface area contributed by atoms with Gasteiger partial charge in [-0.2, -0.15) is 0 Å². The molecule has 0 radical (unpaired) electrons. The molecular formula is C29H30FNO3. The predicted octanol–water partition coefficient (Wildman–Crippen LogP) is 5.82. The first-order chi connectivity index (χ1) is 16.6. The fraction of sp³-hybridized carbons (Fsp3) is 0.310. The zero-order valence-corrected chi connectivity index (χ0v) is 19.2. The number of aryl methyl sites for hydroxylation is 1. The van der Waals surface area contributed by atoms with Crippen molar-refractivity contribution in [1.82, 2.24) is 4.90 Å². The van der Waals surface area contributed by atoms with E-state index < -0.39 is 0 Å². The van der Waals surface area contributed by atoms with Crippen LogP contribution in [0.25, 0.3) is 11.1 Å². The summed E-state index contributed by atoms with van der Waals surface area (Å²) in [5.74, 6) is 1.33. The number of phenolic OH excluding ortho intramolecular Hbond substituents is 2. The maximum atomic E-state index is 12.5. The number of hydrogen-bond acceptors (Lipinski definition) is 4. The Morgan fingerprint density at radius 2 is 1.62 bits per heavy atom. The SMILES string of the molecule is Oc1ccc(C2=C(c3ccc(OC4CCN(CCCF)C4)cc3)c3cc(O)ccc3CC2)cc1. The van der Waals surface area contributed by atoms with Crippen LogP contribution in [-0.4, -0.2) is 47.5 Å². The number of alkyl halides is 1. The van der Waals surface area contributed by atoms with Gasteiger partial charge in [0.2, 0.25) is 0 Å². The van der Waals surface area contributed by atoms with Gasteiger partial charge in [0, 0.05) is 19.6 Å². The zero-order valence-electron chi connectivity index (χ0n) is 19.2. The molecule has 0 bridgehead atoms. The van der Waals surface area contributed by atoms with Crippen molar-refractivity contribution in [1.29, 1.82) is 0 Å². The number of ether oxygens (including phenoxy) is 1. The molecule has 0 aromatic heterocycles. The van der Waals surface area contributed by atoms with Crippen LogP contribution >= 0.6 is 0 Å². The van der Waals surface area contributed by atoms with Crippen molar-refractivity contribution in [3.63, 3.8) is 0 Å². The minimum atomic E-state index is -0.271. The number of likely N-dealkylation sites (tertiary alicyclic amines) is 1. The Hall–Kier alpha value is -3.31. The molecule has 0 saturated carbocycles. The van der Waals surface area contributed by atoms with Crippen LogP contribution in [0.5, 0.6) is 17.2 Å². The van der Waals surface area contributed by atoms with Crippen molar-refractivity contribution in [2.24, 2.45) is 0 Å². The Labute approximate surface area is 199 Å². The van der Waals surface area contributed by atoms with Gasteiger partial charge in [0.05, 0.1) is 6.67 Å². The summed E-state index contributed by atoms with van der Waals surface area (Å²) in [5, 5.41) is 20.0. The number of allylic oxidation sites excluding steroid dienone is 1. The number of phenols is 2. The summed E-state index contributed by atoms with van der Waals surface area (Å²) in [6, 6.07) is 21.1. The molecule has 176 valence electrons. The summed E-state index contributed by atoms with van der Waals surface area (Å²) >= 11 is 0. The first-order valence-corrected chi connectivity index (χ1v) is 12.0. The van der Waals surface area contributed by atoms with Gasteiger partial charge in [-0.1, -0.05) is 30.3 Å². The van der Waals surface area contributed by atoms with Gasteiger partial charge >= 0.3 is 0 Å². The van der Waals surface area contributed by atoms with Crippen LogP contribution in [0.2, 0.25) is 0 Å². The van der Waals surface area contributed by atoms with E-state index in [1.165, 1.54) is 11.1 Å². The third-order valence-corrected chi connectivity index (χ3v) is 6.81. The average molecular weight is 460 g/mol. The topological polar surface area (TPSA) is 52.9 Å². The van der Waals surface area contributed by atoms with E-state index in [-0.39, 0.29) is 24.3 Å². The minimum absolute atomic E-state index is 0.129. The van der Waals surface area contributed by atoms with Gasteiger partial charge in [-0.05, 0) is 95.5 Å². The Morgan fingerprint density at radius 1 is 0.882 bits per heavy atom. The molecule has 2 aliphatic rings. The molecule has 1 heterocycles. The Kier molecular flexibility index (Phi) is 6.54. The number of hydrogen-bond donors (Lipinski definition) is 2. The van der Waals surface area contributed by atoms with Gasteiger partial charge < -0.3 is 14.9 Å². The van der Waals surface area contributed by atoms with Crippen LogP contribution in [0.3, 0.4) is 0 Å². The maximum absolute atomic E-state index is 12.5. The Balaban J connectivity index is 1.44. The van der Waals surface area contributed by atoms with E-state index in [1.54, 1.807) is 18.2 Å². The number of nitrogens with zero attached hydrogens (tertiary/aromatic N) is 1. The lowest BCUT2D eigenvalue weighted by Crippen LogP contribution is -2.26. The van der Waals surface area contributed by atoms with Crippen LogP contribution in [0, 0.1) is 0 Å².